The smallest absolute Gasteiger partial charge is 0.128 e. The summed E-state index contributed by atoms with van der Waals surface area (Å²) < 4.78 is 5.37. The molecule has 4 nitrogen and oxygen atoms in total. The van der Waals surface area contributed by atoms with Crippen LogP contribution in [0.2, 0.25) is 0 Å². The van der Waals surface area contributed by atoms with Crippen LogP contribution in [-0.4, -0.2) is 36.4 Å². The number of pyridine rings is 1. The van der Waals surface area contributed by atoms with Crippen molar-refractivity contribution in [2.24, 2.45) is 5.92 Å². The Kier molecular flexibility index (Phi) is 6.25. The SMILES string of the molecule is COc1c(C)cnc(CC(O)CNCC(C)C)c1C. The van der Waals surface area contributed by atoms with Gasteiger partial charge in [0, 0.05) is 36.0 Å². The third-order valence-electron chi connectivity index (χ3n) is 3.11. The molecule has 0 bridgehead atoms. The van der Waals surface area contributed by atoms with Gasteiger partial charge in [-0.3, -0.25) is 4.98 Å². The molecule has 0 aromatic carbocycles. The van der Waals surface area contributed by atoms with Crippen molar-refractivity contribution in [1.29, 1.82) is 0 Å². The number of hydrogen-bond acceptors (Lipinski definition) is 4. The van der Waals surface area contributed by atoms with Crippen LogP contribution in [0.5, 0.6) is 5.75 Å². The maximum Gasteiger partial charge on any atom is 0.128 e. The van der Waals surface area contributed by atoms with Gasteiger partial charge in [0.15, 0.2) is 0 Å². The summed E-state index contributed by atoms with van der Waals surface area (Å²) in [6, 6.07) is 0. The molecule has 0 saturated heterocycles. The standard InChI is InChI=1S/C15H26N2O2/c1-10(2)7-16-9-13(18)6-14-12(4)15(19-5)11(3)8-17-14/h8,10,13,16,18H,6-7,9H2,1-5H3. The molecule has 0 radical (unpaired) electrons. The van der Waals surface area contributed by atoms with Crippen molar-refractivity contribution in [1.82, 2.24) is 10.3 Å². The van der Waals surface area contributed by atoms with Crippen molar-refractivity contribution in [3.63, 3.8) is 0 Å². The Labute approximate surface area is 116 Å². The number of nitrogens with zero attached hydrogens (tertiary/aromatic N) is 1. The molecule has 0 aliphatic carbocycles. The first kappa shape index (κ1) is 15.9. The first-order valence-electron chi connectivity index (χ1n) is 6.83. The van der Waals surface area contributed by atoms with Gasteiger partial charge in [-0.05, 0) is 26.3 Å². The normalized spacial score (nSPS) is 12.8. The van der Waals surface area contributed by atoms with Crippen LogP contribution in [0.25, 0.3) is 0 Å². The number of aryl methyl sites for hydroxylation is 1. The van der Waals surface area contributed by atoms with Crippen LogP contribution >= 0.6 is 0 Å². The Morgan fingerprint density at radius 2 is 2.00 bits per heavy atom. The van der Waals surface area contributed by atoms with Gasteiger partial charge in [0.25, 0.3) is 0 Å². The molecule has 0 amide bonds. The van der Waals surface area contributed by atoms with E-state index in [0.717, 1.165) is 29.1 Å². The third-order valence-corrected chi connectivity index (χ3v) is 3.11. The fourth-order valence-electron chi connectivity index (χ4n) is 2.11. The summed E-state index contributed by atoms with van der Waals surface area (Å²) in [7, 11) is 1.67. The Morgan fingerprint density at radius 3 is 2.58 bits per heavy atom. The Hall–Kier alpha value is -1.13. The molecular weight excluding hydrogens is 240 g/mol. The lowest BCUT2D eigenvalue weighted by Crippen LogP contribution is -2.31. The third kappa shape index (κ3) is 4.80. The van der Waals surface area contributed by atoms with Gasteiger partial charge in [-0.1, -0.05) is 13.8 Å². The van der Waals surface area contributed by atoms with E-state index in [0.29, 0.717) is 18.9 Å². The molecular formula is C15H26N2O2. The van der Waals surface area contributed by atoms with Crippen LogP contribution in [0.15, 0.2) is 6.20 Å². The quantitative estimate of drug-likeness (QED) is 0.791. The number of nitrogens with one attached hydrogen (secondary N) is 1. The number of aliphatic hydroxyl groups excluding tert-OH is 1. The van der Waals surface area contributed by atoms with Crippen molar-refractivity contribution >= 4 is 0 Å². The molecule has 1 aromatic rings. The molecule has 1 rings (SSSR count). The molecule has 0 saturated carbocycles. The number of hydrogen-bond donors (Lipinski definition) is 2. The zero-order chi connectivity index (χ0) is 14.4. The Morgan fingerprint density at radius 1 is 1.32 bits per heavy atom. The fourth-order valence-corrected chi connectivity index (χ4v) is 2.11. The predicted octanol–water partition coefficient (Wildman–Crippen LogP) is 1.86. The lowest BCUT2D eigenvalue weighted by atomic mass is 10.1. The van der Waals surface area contributed by atoms with E-state index in [9.17, 15) is 5.11 Å². The molecule has 0 aliphatic rings. The molecule has 4 heteroatoms. The van der Waals surface area contributed by atoms with Gasteiger partial charge in [0.1, 0.15) is 5.75 Å². The van der Waals surface area contributed by atoms with Gasteiger partial charge in [0.05, 0.1) is 13.2 Å². The fraction of sp³-hybridized carbons (Fsp3) is 0.667. The number of aromatic nitrogens is 1. The highest BCUT2D eigenvalue weighted by Gasteiger charge is 2.13. The van der Waals surface area contributed by atoms with Gasteiger partial charge >= 0.3 is 0 Å². The highest BCUT2D eigenvalue weighted by molar-refractivity contribution is 5.41. The van der Waals surface area contributed by atoms with E-state index in [1.54, 1.807) is 13.3 Å². The lowest BCUT2D eigenvalue weighted by Gasteiger charge is -2.16. The van der Waals surface area contributed by atoms with Crippen molar-refractivity contribution in [2.45, 2.75) is 40.2 Å². The topological polar surface area (TPSA) is 54.4 Å². The van der Waals surface area contributed by atoms with Crippen LogP contribution in [0.3, 0.4) is 0 Å². The van der Waals surface area contributed by atoms with Gasteiger partial charge in [-0.2, -0.15) is 0 Å². The molecule has 1 heterocycles. The van der Waals surface area contributed by atoms with E-state index < -0.39 is 6.10 Å². The summed E-state index contributed by atoms with van der Waals surface area (Å²) in [5.41, 5.74) is 2.95. The minimum absolute atomic E-state index is 0.419. The first-order chi connectivity index (χ1) is 8.95. The average Bonchev–Trinajstić information content (AvgIpc) is 2.33. The van der Waals surface area contributed by atoms with Crippen LogP contribution in [0, 0.1) is 19.8 Å². The van der Waals surface area contributed by atoms with Gasteiger partial charge in [-0.25, -0.2) is 0 Å². The maximum absolute atomic E-state index is 10.0. The minimum Gasteiger partial charge on any atom is -0.496 e. The predicted molar refractivity (Wildman–Crippen MR) is 77.7 cm³/mol. The van der Waals surface area contributed by atoms with Crippen molar-refractivity contribution in [3.8, 4) is 5.75 Å². The molecule has 0 aliphatic heterocycles. The summed E-state index contributed by atoms with van der Waals surface area (Å²) in [6.07, 6.45) is 1.93. The molecule has 1 aromatic heterocycles. The van der Waals surface area contributed by atoms with E-state index in [1.165, 1.54) is 0 Å². The van der Waals surface area contributed by atoms with E-state index in [4.69, 9.17) is 4.74 Å². The molecule has 1 atom stereocenters. The monoisotopic (exact) mass is 266 g/mol. The minimum atomic E-state index is -0.419. The van der Waals surface area contributed by atoms with Crippen molar-refractivity contribution < 1.29 is 9.84 Å². The van der Waals surface area contributed by atoms with Crippen LogP contribution < -0.4 is 10.1 Å². The Balaban J connectivity index is 2.62. The summed E-state index contributed by atoms with van der Waals surface area (Å²) in [5.74, 6) is 1.46. The molecule has 1 unspecified atom stereocenters. The summed E-state index contributed by atoms with van der Waals surface area (Å²) in [6.45, 7) is 9.77. The Bertz CT molecular complexity index is 405. The zero-order valence-corrected chi connectivity index (χ0v) is 12.7. The van der Waals surface area contributed by atoms with Gasteiger partial charge in [0.2, 0.25) is 0 Å². The van der Waals surface area contributed by atoms with Gasteiger partial charge in [-0.15, -0.1) is 0 Å². The molecule has 0 fully saturated rings. The maximum atomic E-state index is 10.0. The summed E-state index contributed by atoms with van der Waals surface area (Å²) in [4.78, 5) is 4.40. The second-order valence-corrected chi connectivity index (χ2v) is 5.46. The molecule has 19 heavy (non-hydrogen) atoms. The van der Waals surface area contributed by atoms with Gasteiger partial charge < -0.3 is 15.2 Å². The van der Waals surface area contributed by atoms with E-state index in [1.807, 2.05) is 13.8 Å². The summed E-state index contributed by atoms with van der Waals surface area (Å²) in [5, 5.41) is 13.3. The van der Waals surface area contributed by atoms with E-state index in [-0.39, 0.29) is 0 Å². The highest BCUT2D eigenvalue weighted by Crippen LogP contribution is 2.24. The molecule has 0 spiro atoms. The number of ether oxygens (including phenoxy) is 1. The second-order valence-electron chi connectivity index (χ2n) is 5.46. The van der Waals surface area contributed by atoms with E-state index in [2.05, 4.69) is 24.1 Å². The summed E-state index contributed by atoms with van der Waals surface area (Å²) >= 11 is 0. The zero-order valence-electron chi connectivity index (χ0n) is 12.7. The lowest BCUT2D eigenvalue weighted by molar-refractivity contribution is 0.169. The number of methoxy groups -OCH3 is 1. The first-order valence-corrected chi connectivity index (χ1v) is 6.83. The van der Waals surface area contributed by atoms with Crippen LogP contribution in [0.4, 0.5) is 0 Å². The highest BCUT2D eigenvalue weighted by atomic mass is 16.5. The number of aliphatic hydroxyl groups is 1. The average molecular weight is 266 g/mol. The van der Waals surface area contributed by atoms with Crippen LogP contribution in [0.1, 0.15) is 30.7 Å². The van der Waals surface area contributed by atoms with Crippen molar-refractivity contribution in [2.75, 3.05) is 20.2 Å². The number of rotatable bonds is 7. The second kappa shape index (κ2) is 7.46. The largest absolute Gasteiger partial charge is 0.496 e. The van der Waals surface area contributed by atoms with Crippen LogP contribution in [-0.2, 0) is 6.42 Å². The molecule has 2 N–H and O–H groups in total. The van der Waals surface area contributed by atoms with Crippen molar-refractivity contribution in [3.05, 3.63) is 23.0 Å². The van der Waals surface area contributed by atoms with E-state index >= 15 is 0 Å². The molecule has 108 valence electrons.